The Labute approximate surface area is 136 Å². The Balaban J connectivity index is 1.97. The van der Waals surface area contributed by atoms with Crippen molar-refractivity contribution < 1.29 is 0 Å². The summed E-state index contributed by atoms with van der Waals surface area (Å²) in [6, 6.07) is 11.5. The number of fused-ring (bicyclic) bond motifs is 3. The summed E-state index contributed by atoms with van der Waals surface area (Å²) in [5, 5.41) is 5.03. The van der Waals surface area contributed by atoms with E-state index in [1.54, 1.807) is 21.5 Å². The van der Waals surface area contributed by atoms with E-state index >= 15 is 0 Å². The molecule has 0 radical (unpaired) electrons. The van der Waals surface area contributed by atoms with E-state index in [1.807, 2.05) is 36.4 Å². The molecule has 6 nitrogen and oxygen atoms in total. The molecule has 0 aliphatic carbocycles. The van der Waals surface area contributed by atoms with Gasteiger partial charge in [0.15, 0.2) is 5.82 Å². The van der Waals surface area contributed by atoms with Gasteiger partial charge in [0, 0.05) is 30.3 Å². The number of benzene rings is 1. The summed E-state index contributed by atoms with van der Waals surface area (Å²) in [6.07, 6.45) is 3.32. The fraction of sp³-hybridized carbons (Fsp3) is 0.125. The Morgan fingerprint density at radius 3 is 2.74 bits per heavy atom. The monoisotopic (exact) mass is 323 g/mol. The molecule has 4 aromatic rings. The minimum atomic E-state index is -0.0947. The summed E-state index contributed by atoms with van der Waals surface area (Å²) < 4.78 is 3.24. The van der Waals surface area contributed by atoms with Gasteiger partial charge in [-0.1, -0.05) is 30.3 Å². The van der Waals surface area contributed by atoms with Crippen molar-refractivity contribution in [3.05, 3.63) is 59.1 Å². The fourth-order valence-electron chi connectivity index (χ4n) is 2.55. The molecule has 3 aromatic heterocycles. The molecule has 0 fully saturated rings. The van der Waals surface area contributed by atoms with E-state index in [1.165, 1.54) is 0 Å². The van der Waals surface area contributed by atoms with Crippen molar-refractivity contribution >= 4 is 29.3 Å². The topological polar surface area (TPSA) is 65.1 Å². The first-order chi connectivity index (χ1) is 11.3. The molecule has 7 heteroatoms. The maximum absolute atomic E-state index is 12.5. The molecule has 0 N–H and O–H groups in total. The Hall–Kier alpha value is -2.67. The van der Waals surface area contributed by atoms with Crippen LogP contribution in [-0.2, 0) is 6.54 Å². The number of aryl methyl sites for hydroxylation is 1. The first kappa shape index (κ1) is 14.0. The van der Waals surface area contributed by atoms with Crippen LogP contribution < -0.4 is 5.56 Å². The van der Waals surface area contributed by atoms with Gasteiger partial charge in [0.25, 0.3) is 11.3 Å². The van der Waals surface area contributed by atoms with Gasteiger partial charge in [-0.15, -0.1) is 5.10 Å². The zero-order valence-corrected chi connectivity index (χ0v) is 13.0. The predicted octanol–water partition coefficient (Wildman–Crippen LogP) is 2.04. The average molecular weight is 323 g/mol. The Morgan fingerprint density at radius 2 is 1.96 bits per heavy atom. The van der Waals surface area contributed by atoms with Crippen LogP contribution in [0, 0.1) is 0 Å². The highest BCUT2D eigenvalue weighted by Gasteiger charge is 2.12. The minimum Gasteiger partial charge on any atom is -0.314 e. The zero-order chi connectivity index (χ0) is 15.8. The molecule has 0 unspecified atom stereocenters. The third-order valence-electron chi connectivity index (χ3n) is 3.68. The summed E-state index contributed by atoms with van der Waals surface area (Å²) in [6.45, 7) is 0.558. The summed E-state index contributed by atoms with van der Waals surface area (Å²) in [4.78, 5) is 21.2. The van der Waals surface area contributed by atoms with Crippen LogP contribution in [0.5, 0.6) is 0 Å². The lowest BCUT2D eigenvalue weighted by molar-refractivity contribution is 0.742. The van der Waals surface area contributed by atoms with Crippen LogP contribution in [0.25, 0.3) is 28.1 Å². The van der Waals surface area contributed by atoms with Crippen molar-refractivity contribution in [3.63, 3.8) is 0 Å². The Morgan fingerprint density at radius 1 is 1.13 bits per heavy atom. The summed E-state index contributed by atoms with van der Waals surface area (Å²) in [5.74, 6) is 1.66. The third-order valence-corrected chi connectivity index (χ3v) is 3.88. The van der Waals surface area contributed by atoms with Crippen LogP contribution in [0.2, 0.25) is 0 Å². The van der Waals surface area contributed by atoms with Crippen molar-refractivity contribution in [1.82, 2.24) is 24.1 Å². The van der Waals surface area contributed by atoms with Crippen LogP contribution in [0.4, 0.5) is 0 Å². The second-order valence-electron chi connectivity index (χ2n) is 5.11. The zero-order valence-electron chi connectivity index (χ0n) is 12.1. The summed E-state index contributed by atoms with van der Waals surface area (Å²) in [5.41, 5.74) is 1.52. The smallest absolute Gasteiger partial charge is 0.261 e. The van der Waals surface area contributed by atoms with Crippen LogP contribution in [0.1, 0.15) is 0 Å². The molecule has 0 saturated heterocycles. The number of hydrogen-bond acceptors (Lipinski definition) is 5. The lowest BCUT2D eigenvalue weighted by Gasteiger charge is -2.05. The Bertz CT molecular complexity index is 1050. The van der Waals surface area contributed by atoms with E-state index in [0.717, 1.165) is 5.56 Å². The number of rotatable bonds is 3. The molecule has 114 valence electrons. The molecule has 0 saturated carbocycles. The van der Waals surface area contributed by atoms with E-state index in [4.69, 9.17) is 0 Å². The van der Waals surface area contributed by atoms with Gasteiger partial charge in [-0.2, -0.15) is 22.1 Å². The maximum atomic E-state index is 12.5. The Kier molecular flexibility index (Phi) is 3.34. The molecule has 0 bridgehead atoms. The number of hydrogen-bond donors (Lipinski definition) is 1. The molecule has 1 aromatic carbocycles. The number of thiol groups is 1. The van der Waals surface area contributed by atoms with Crippen molar-refractivity contribution in [1.29, 1.82) is 0 Å². The summed E-state index contributed by atoms with van der Waals surface area (Å²) in [7, 11) is 0. The van der Waals surface area contributed by atoms with Gasteiger partial charge in [-0.05, 0) is 6.07 Å². The molecular formula is C16H13N5OS. The second kappa shape index (κ2) is 5.51. The fourth-order valence-corrected chi connectivity index (χ4v) is 2.77. The molecule has 0 aliphatic rings. The van der Waals surface area contributed by atoms with Crippen LogP contribution in [0.3, 0.4) is 0 Å². The number of nitrogens with zero attached hydrogens (tertiary/aromatic N) is 5. The lowest BCUT2D eigenvalue weighted by atomic mass is 10.2. The molecular weight excluding hydrogens is 310 g/mol. The summed E-state index contributed by atoms with van der Waals surface area (Å²) >= 11 is 4.17. The van der Waals surface area contributed by atoms with Crippen molar-refractivity contribution in [2.24, 2.45) is 0 Å². The van der Waals surface area contributed by atoms with Crippen molar-refractivity contribution in [3.8, 4) is 11.4 Å². The van der Waals surface area contributed by atoms with Gasteiger partial charge < -0.3 is 4.57 Å². The van der Waals surface area contributed by atoms with Crippen molar-refractivity contribution in [2.45, 2.75) is 6.54 Å². The number of aromatic nitrogens is 5. The first-order valence-corrected chi connectivity index (χ1v) is 7.82. The molecule has 0 aliphatic heterocycles. The molecule has 3 heterocycles. The normalized spacial score (nSPS) is 11.3. The molecule has 0 atom stereocenters. The quantitative estimate of drug-likeness (QED) is 0.586. The van der Waals surface area contributed by atoms with Crippen LogP contribution in [-0.4, -0.2) is 29.9 Å². The van der Waals surface area contributed by atoms with Crippen LogP contribution in [0.15, 0.2) is 53.6 Å². The maximum Gasteiger partial charge on any atom is 0.261 e. The van der Waals surface area contributed by atoms with Gasteiger partial charge in [0.1, 0.15) is 0 Å². The molecule has 0 amide bonds. The van der Waals surface area contributed by atoms with Gasteiger partial charge in [0.2, 0.25) is 0 Å². The lowest BCUT2D eigenvalue weighted by Crippen LogP contribution is -2.21. The van der Waals surface area contributed by atoms with Gasteiger partial charge in [-0.3, -0.25) is 4.79 Å². The van der Waals surface area contributed by atoms with Gasteiger partial charge in [0.05, 0.1) is 10.9 Å². The molecule has 23 heavy (non-hydrogen) atoms. The van der Waals surface area contributed by atoms with Crippen molar-refractivity contribution in [2.75, 3.05) is 5.75 Å². The largest absolute Gasteiger partial charge is 0.314 e. The van der Waals surface area contributed by atoms with Gasteiger partial charge in [-0.25, -0.2) is 4.98 Å². The third kappa shape index (κ3) is 2.29. The molecule has 0 spiro atoms. The van der Waals surface area contributed by atoms with E-state index in [0.29, 0.717) is 34.8 Å². The first-order valence-electron chi connectivity index (χ1n) is 7.19. The van der Waals surface area contributed by atoms with E-state index in [9.17, 15) is 4.79 Å². The van der Waals surface area contributed by atoms with Crippen LogP contribution >= 0.6 is 12.6 Å². The van der Waals surface area contributed by atoms with E-state index < -0.39 is 0 Å². The standard InChI is InChI=1S/C16H13N5OS/c22-15-12-10-17-16-18-14(11-4-2-1-3-5-11)19-21(16)13(12)6-7-20(15)8-9-23/h1-7,10,23H,8-9H2. The SMILES string of the molecule is O=c1c2cnc3nc(-c4ccccc4)nn3c2ccn1CCS. The van der Waals surface area contributed by atoms with E-state index in [2.05, 4.69) is 27.7 Å². The predicted molar refractivity (Wildman–Crippen MR) is 91.8 cm³/mol. The highest BCUT2D eigenvalue weighted by molar-refractivity contribution is 7.80. The highest BCUT2D eigenvalue weighted by atomic mass is 32.1. The molecule has 4 rings (SSSR count). The minimum absolute atomic E-state index is 0.0947. The van der Waals surface area contributed by atoms with E-state index in [-0.39, 0.29) is 5.56 Å². The van der Waals surface area contributed by atoms with Gasteiger partial charge >= 0.3 is 0 Å². The number of pyridine rings is 1. The second-order valence-corrected chi connectivity index (χ2v) is 5.56. The average Bonchev–Trinajstić information content (AvgIpc) is 3.03. The highest BCUT2D eigenvalue weighted by Crippen LogP contribution is 2.17.